The van der Waals surface area contributed by atoms with Crippen LogP contribution in [0, 0.1) is 0 Å². The van der Waals surface area contributed by atoms with Crippen molar-refractivity contribution in [1.82, 2.24) is 10.1 Å². The van der Waals surface area contributed by atoms with Gasteiger partial charge in [-0.15, -0.1) is 0 Å². The van der Waals surface area contributed by atoms with E-state index >= 15 is 0 Å². The predicted octanol–water partition coefficient (Wildman–Crippen LogP) is 2.52. The number of aromatic nitrogens is 2. The molecular formula is C9H12N2O. The number of nitrogens with one attached hydrogen (secondary N) is 1. The van der Waals surface area contributed by atoms with Gasteiger partial charge in [0.05, 0.1) is 0 Å². The van der Waals surface area contributed by atoms with Gasteiger partial charge in [-0.3, -0.25) is 4.63 Å². The molecule has 1 aromatic carbocycles. The maximum absolute atomic E-state index is 4.81. The average molecular weight is 164 g/mol. The van der Waals surface area contributed by atoms with Crippen LogP contribution in [0.5, 0.6) is 0 Å². The monoisotopic (exact) mass is 164 g/mol. The van der Waals surface area contributed by atoms with Crippen molar-refractivity contribution in [3.8, 4) is 5.69 Å². The molecule has 3 heteroatoms. The van der Waals surface area contributed by atoms with E-state index in [1.807, 2.05) is 12.1 Å². The van der Waals surface area contributed by atoms with Gasteiger partial charge in [0.15, 0.2) is 0 Å². The molecular weight excluding hydrogens is 152 g/mol. The highest BCUT2D eigenvalue weighted by Crippen LogP contribution is 2.17. The number of hydrogen-bond donors (Lipinski definition) is 1. The van der Waals surface area contributed by atoms with E-state index < -0.39 is 0 Å². The van der Waals surface area contributed by atoms with Gasteiger partial charge in [0.1, 0.15) is 5.69 Å². The van der Waals surface area contributed by atoms with Gasteiger partial charge in [-0.25, -0.2) is 0 Å². The highest BCUT2D eigenvalue weighted by Gasteiger charge is 2.04. The van der Waals surface area contributed by atoms with E-state index in [4.69, 9.17) is 4.63 Å². The molecule has 0 spiro atoms. The predicted molar refractivity (Wildman–Crippen MR) is 46.5 cm³/mol. The topological polar surface area (TPSA) is 33.9 Å². The maximum atomic E-state index is 4.81. The molecule has 1 heterocycles. The first kappa shape index (κ1) is 7.28. The Bertz CT molecular complexity index is 345. The second-order valence-electron chi connectivity index (χ2n) is 3.23. The van der Waals surface area contributed by atoms with Gasteiger partial charge < -0.3 is 0 Å². The summed E-state index contributed by atoms with van der Waals surface area (Å²) in [4.78, 5) is 1.63. The molecule has 0 aliphatic carbocycles. The fourth-order valence-corrected chi connectivity index (χ4v) is 1.14. The lowest BCUT2D eigenvalue weighted by Gasteiger charge is -2.04. The number of benzene rings is 1. The minimum Gasteiger partial charge on any atom is -0.252 e. The van der Waals surface area contributed by atoms with Crippen LogP contribution in [-0.2, 0) is 0 Å². The summed E-state index contributed by atoms with van der Waals surface area (Å²) in [6.45, 7) is 4.35. The van der Waals surface area contributed by atoms with Crippen molar-refractivity contribution in [2.24, 2.45) is 0 Å². The van der Waals surface area contributed by atoms with Gasteiger partial charge in [-0.2, -0.15) is 0 Å². The normalized spacial score (nSPS) is 11.2. The van der Waals surface area contributed by atoms with Crippen molar-refractivity contribution < 1.29 is 4.63 Å². The van der Waals surface area contributed by atoms with E-state index in [0.29, 0.717) is 5.92 Å². The molecule has 0 saturated carbocycles. The van der Waals surface area contributed by atoms with Crippen LogP contribution in [0.15, 0.2) is 28.9 Å². The van der Waals surface area contributed by atoms with Crippen molar-refractivity contribution in [2.75, 3.05) is 0 Å². The van der Waals surface area contributed by atoms with Crippen LogP contribution in [0.25, 0.3) is 5.69 Å². The molecule has 0 saturated heterocycles. The number of nitrogens with zero attached hydrogens (tertiary/aromatic N) is 1. The van der Waals surface area contributed by atoms with Gasteiger partial charge >= 0.3 is 0 Å². The van der Waals surface area contributed by atoms with E-state index in [-0.39, 0.29) is 0 Å². The Morgan fingerprint density at radius 1 is 1.42 bits per heavy atom. The first-order valence-corrected chi connectivity index (χ1v) is 4.10. The summed E-state index contributed by atoms with van der Waals surface area (Å²) in [6, 6.07) is 8.28. The van der Waals surface area contributed by atoms with Crippen molar-refractivity contribution >= 4 is 0 Å². The van der Waals surface area contributed by atoms with Crippen LogP contribution >= 0.6 is 0 Å². The Morgan fingerprint density at radius 3 is 2.75 bits per heavy atom. The quantitative estimate of drug-likeness (QED) is 0.727. The Balaban J connectivity index is 2.35. The van der Waals surface area contributed by atoms with Gasteiger partial charge in [0, 0.05) is 0 Å². The van der Waals surface area contributed by atoms with Gasteiger partial charge in [-0.1, -0.05) is 36.1 Å². The molecule has 0 bridgehead atoms. The number of H-pyrrole nitrogens is 1. The summed E-state index contributed by atoms with van der Waals surface area (Å²) < 4.78 is 4.81. The largest absolute Gasteiger partial charge is 0.252 e. The summed E-state index contributed by atoms with van der Waals surface area (Å²) in [5, 5.41) is 2.65. The van der Waals surface area contributed by atoms with Crippen LogP contribution in [-0.4, -0.2) is 10.1 Å². The van der Waals surface area contributed by atoms with Crippen molar-refractivity contribution in [2.45, 2.75) is 19.8 Å². The maximum Gasteiger partial charge on any atom is 0.105 e. The van der Waals surface area contributed by atoms with E-state index in [2.05, 4.69) is 31.3 Å². The van der Waals surface area contributed by atoms with E-state index in [9.17, 15) is 0 Å². The Hall–Kier alpha value is -1.38. The zero-order chi connectivity index (χ0) is 8.55. The molecule has 12 heavy (non-hydrogen) atoms. The molecule has 0 amide bonds. The molecule has 1 N–H and O–H groups in total. The second-order valence-corrected chi connectivity index (χ2v) is 3.23. The van der Waals surface area contributed by atoms with Crippen LogP contribution in [0.4, 0.5) is 0 Å². The first-order chi connectivity index (χ1) is 5.77. The summed E-state index contributed by atoms with van der Waals surface area (Å²) in [5.74, 6) is 0.560. The molecule has 0 radical (unpaired) electrons. The van der Waals surface area contributed by atoms with Crippen molar-refractivity contribution in [3.05, 3.63) is 29.8 Å². The number of hydrogen-bond acceptors (Lipinski definition) is 1. The molecule has 0 unspecified atom stereocenters. The third-order valence-electron chi connectivity index (χ3n) is 1.95. The first-order valence-electron chi connectivity index (χ1n) is 4.10. The fraction of sp³-hybridized carbons (Fsp3) is 0.333. The Labute approximate surface area is 70.9 Å². The van der Waals surface area contributed by atoms with Crippen LogP contribution < -0.4 is 0 Å². The molecule has 3 nitrogen and oxygen atoms in total. The molecule has 2 rings (SSSR count). The lowest BCUT2D eigenvalue weighted by Crippen LogP contribution is -1.89. The molecule has 2 aromatic rings. The van der Waals surface area contributed by atoms with Crippen molar-refractivity contribution in [3.63, 3.8) is 0 Å². The molecule has 0 atom stereocenters. The second kappa shape index (κ2) is 2.59. The molecule has 0 aliphatic heterocycles. The lowest BCUT2D eigenvalue weighted by atomic mass is 10.0. The zero-order valence-electron chi connectivity index (χ0n) is 7.24. The molecule has 1 aromatic heterocycles. The minimum absolute atomic E-state index is 0.560. The Morgan fingerprint density at radius 2 is 2.17 bits per heavy atom. The third kappa shape index (κ3) is 1.30. The lowest BCUT2D eigenvalue weighted by molar-refractivity contribution is 0.501. The molecule has 0 fully saturated rings. The molecule has 0 aliphatic rings. The summed E-state index contributed by atoms with van der Waals surface area (Å²) >= 11 is 0. The SMILES string of the molecule is CC(C)c1cccc(-n2[nH]o2)c1. The minimum atomic E-state index is 0.560. The van der Waals surface area contributed by atoms with Crippen molar-refractivity contribution in [1.29, 1.82) is 0 Å². The third-order valence-corrected chi connectivity index (χ3v) is 1.95. The van der Waals surface area contributed by atoms with Gasteiger partial charge in [-0.05, 0) is 23.6 Å². The van der Waals surface area contributed by atoms with Crippen LogP contribution in [0.3, 0.4) is 0 Å². The highest BCUT2D eigenvalue weighted by atomic mass is 16.7. The summed E-state index contributed by atoms with van der Waals surface area (Å²) in [7, 11) is 0. The van der Waals surface area contributed by atoms with Gasteiger partial charge in [0.25, 0.3) is 0 Å². The smallest absolute Gasteiger partial charge is 0.105 e. The Kier molecular flexibility index (Phi) is 1.57. The summed E-state index contributed by atoms with van der Waals surface area (Å²) in [5.41, 5.74) is 2.38. The summed E-state index contributed by atoms with van der Waals surface area (Å²) in [6.07, 6.45) is 0. The number of aromatic amines is 1. The van der Waals surface area contributed by atoms with E-state index in [0.717, 1.165) is 5.69 Å². The van der Waals surface area contributed by atoms with Crippen LogP contribution in [0.1, 0.15) is 25.3 Å². The van der Waals surface area contributed by atoms with Crippen LogP contribution in [0.2, 0.25) is 0 Å². The standard InChI is InChI=1S/C9H12N2O/c1-7(2)8-4-3-5-9(6-8)11-10-12-11/h3-7,10H,1-2H3. The van der Waals surface area contributed by atoms with Gasteiger partial charge in [0.2, 0.25) is 0 Å². The van der Waals surface area contributed by atoms with E-state index in [1.54, 1.807) is 4.85 Å². The highest BCUT2D eigenvalue weighted by molar-refractivity contribution is 5.34. The fourth-order valence-electron chi connectivity index (χ4n) is 1.14. The molecule has 64 valence electrons. The average Bonchev–Trinajstić information content (AvgIpc) is 2.87. The number of rotatable bonds is 2. The van der Waals surface area contributed by atoms with E-state index in [1.165, 1.54) is 5.56 Å². The zero-order valence-corrected chi connectivity index (χ0v) is 7.24.